The van der Waals surface area contributed by atoms with Gasteiger partial charge in [0.25, 0.3) is 0 Å². The zero-order valence-corrected chi connectivity index (χ0v) is 15.2. The Kier molecular flexibility index (Phi) is 6.43. The van der Waals surface area contributed by atoms with Gasteiger partial charge in [-0.1, -0.05) is 43.8 Å². The molecular weight excluding hydrogens is 357 g/mol. The average molecular weight is 383 g/mol. The third kappa shape index (κ3) is 4.40. The number of piperazine rings is 1. The van der Waals surface area contributed by atoms with Gasteiger partial charge in [0.1, 0.15) is 0 Å². The molecule has 0 N–H and O–H groups in total. The number of tetrazole rings is 1. The van der Waals surface area contributed by atoms with E-state index < -0.39 is 5.95 Å². The summed E-state index contributed by atoms with van der Waals surface area (Å²) >= 11 is 0. The molecule has 0 amide bonds. The second-order valence-electron chi connectivity index (χ2n) is 6.84. The Morgan fingerprint density at radius 1 is 1.04 bits per heavy atom. The minimum absolute atomic E-state index is 0. The molecule has 2 aromatic heterocycles. The van der Waals surface area contributed by atoms with Crippen LogP contribution in [0.1, 0.15) is 30.4 Å². The molecule has 7 nitrogen and oxygen atoms in total. The van der Waals surface area contributed by atoms with Crippen LogP contribution in [0.3, 0.4) is 0 Å². The van der Waals surface area contributed by atoms with Crippen molar-refractivity contribution >= 4 is 0 Å². The number of aromatic nitrogens is 5. The van der Waals surface area contributed by atoms with Gasteiger partial charge in [-0.3, -0.25) is 4.90 Å². The SMILES string of the molecule is C.CN1CCN(C(c2ccc(F)nc2)c2nnnn2Cc2ccccc2)CC1. The smallest absolute Gasteiger partial charge is 0.212 e. The standard InChI is InChI=1S/C19H22FN7.CH4/c1-25-9-11-26(12-10-25)18(16-7-8-17(20)21-13-16)19-22-23-24-27(19)14-15-5-3-2-4-6-15;/h2-8,13,18H,9-12,14H2,1H3;1H4. The highest BCUT2D eigenvalue weighted by atomic mass is 19.1. The molecule has 3 heterocycles. The molecule has 0 bridgehead atoms. The molecular formula is C20H26FN7. The minimum atomic E-state index is -0.486. The summed E-state index contributed by atoms with van der Waals surface area (Å²) in [4.78, 5) is 8.48. The largest absolute Gasteiger partial charge is 0.304 e. The van der Waals surface area contributed by atoms with E-state index in [2.05, 4.69) is 49.5 Å². The number of pyridine rings is 1. The number of hydrogen-bond donors (Lipinski definition) is 0. The number of halogens is 1. The molecule has 3 aromatic rings. The van der Waals surface area contributed by atoms with E-state index in [-0.39, 0.29) is 13.5 Å². The highest BCUT2D eigenvalue weighted by molar-refractivity contribution is 5.23. The monoisotopic (exact) mass is 383 g/mol. The lowest BCUT2D eigenvalue weighted by atomic mass is 10.1. The quantitative estimate of drug-likeness (QED) is 0.630. The first kappa shape index (κ1) is 20.0. The van der Waals surface area contributed by atoms with Crippen molar-refractivity contribution in [2.75, 3.05) is 33.2 Å². The van der Waals surface area contributed by atoms with E-state index in [1.807, 2.05) is 22.9 Å². The van der Waals surface area contributed by atoms with Crippen molar-refractivity contribution in [3.63, 3.8) is 0 Å². The molecule has 0 saturated carbocycles. The zero-order valence-electron chi connectivity index (χ0n) is 15.2. The maximum absolute atomic E-state index is 13.4. The van der Waals surface area contributed by atoms with Gasteiger partial charge < -0.3 is 4.90 Å². The molecule has 0 aliphatic carbocycles. The fraction of sp³-hybridized carbons (Fsp3) is 0.400. The summed E-state index contributed by atoms with van der Waals surface area (Å²) in [7, 11) is 2.12. The van der Waals surface area contributed by atoms with Crippen LogP contribution in [0.2, 0.25) is 0 Å². The van der Waals surface area contributed by atoms with E-state index in [1.54, 1.807) is 12.3 Å². The third-order valence-corrected chi connectivity index (χ3v) is 4.95. The molecule has 1 atom stereocenters. The van der Waals surface area contributed by atoms with Gasteiger partial charge in [0, 0.05) is 32.4 Å². The van der Waals surface area contributed by atoms with Crippen LogP contribution in [-0.4, -0.2) is 68.2 Å². The lowest BCUT2D eigenvalue weighted by Gasteiger charge is -2.37. The number of hydrogen-bond acceptors (Lipinski definition) is 6. The van der Waals surface area contributed by atoms with Crippen molar-refractivity contribution in [3.05, 3.63) is 71.6 Å². The Bertz CT molecular complexity index is 858. The Hall–Kier alpha value is -2.71. The van der Waals surface area contributed by atoms with Gasteiger partial charge in [0.2, 0.25) is 5.95 Å². The molecule has 8 heteroatoms. The molecule has 1 saturated heterocycles. The normalized spacial score (nSPS) is 16.5. The Morgan fingerprint density at radius 2 is 1.79 bits per heavy atom. The Labute approximate surface area is 164 Å². The van der Waals surface area contributed by atoms with E-state index in [9.17, 15) is 4.39 Å². The molecule has 1 aliphatic rings. The van der Waals surface area contributed by atoms with E-state index in [0.29, 0.717) is 6.54 Å². The van der Waals surface area contributed by atoms with E-state index in [0.717, 1.165) is 43.1 Å². The van der Waals surface area contributed by atoms with Crippen molar-refractivity contribution in [1.82, 2.24) is 35.0 Å². The van der Waals surface area contributed by atoms with E-state index in [1.165, 1.54) is 6.07 Å². The summed E-state index contributed by atoms with van der Waals surface area (Å²) in [6.45, 7) is 4.28. The summed E-state index contributed by atoms with van der Waals surface area (Å²) in [5, 5.41) is 12.5. The number of nitrogens with zero attached hydrogens (tertiary/aromatic N) is 7. The van der Waals surface area contributed by atoms with Gasteiger partial charge in [0.05, 0.1) is 12.6 Å². The maximum Gasteiger partial charge on any atom is 0.212 e. The number of likely N-dealkylation sites (N-methyl/N-ethyl adjacent to an activating group) is 1. The first-order valence-corrected chi connectivity index (χ1v) is 9.05. The molecule has 4 rings (SSSR count). The molecule has 1 aromatic carbocycles. The van der Waals surface area contributed by atoms with Crippen molar-refractivity contribution in [1.29, 1.82) is 0 Å². The lowest BCUT2D eigenvalue weighted by molar-refractivity contribution is 0.121. The predicted molar refractivity (Wildman–Crippen MR) is 105 cm³/mol. The highest BCUT2D eigenvalue weighted by Crippen LogP contribution is 2.27. The molecule has 0 spiro atoms. The summed E-state index contributed by atoms with van der Waals surface area (Å²) in [6.07, 6.45) is 1.58. The van der Waals surface area contributed by atoms with Gasteiger partial charge in [-0.05, 0) is 34.7 Å². The fourth-order valence-electron chi connectivity index (χ4n) is 3.43. The molecule has 148 valence electrons. The van der Waals surface area contributed by atoms with Crippen LogP contribution in [0.15, 0.2) is 48.7 Å². The van der Waals surface area contributed by atoms with E-state index >= 15 is 0 Å². The van der Waals surface area contributed by atoms with Crippen LogP contribution < -0.4 is 0 Å². The second kappa shape index (κ2) is 8.99. The summed E-state index contributed by atoms with van der Waals surface area (Å²) in [5.74, 6) is 0.261. The predicted octanol–water partition coefficient (Wildman–Crippen LogP) is 2.23. The van der Waals surface area contributed by atoms with Crippen LogP contribution in [0.4, 0.5) is 4.39 Å². The first-order valence-electron chi connectivity index (χ1n) is 9.05. The summed E-state index contributed by atoms with van der Waals surface area (Å²) in [6, 6.07) is 13.1. The van der Waals surface area contributed by atoms with Crippen molar-refractivity contribution in [3.8, 4) is 0 Å². The Balaban J connectivity index is 0.00000225. The fourth-order valence-corrected chi connectivity index (χ4v) is 3.43. The van der Waals surface area contributed by atoms with Gasteiger partial charge in [-0.25, -0.2) is 9.67 Å². The van der Waals surface area contributed by atoms with Crippen LogP contribution in [0.25, 0.3) is 0 Å². The minimum Gasteiger partial charge on any atom is -0.304 e. The van der Waals surface area contributed by atoms with Crippen LogP contribution in [-0.2, 0) is 6.54 Å². The van der Waals surface area contributed by atoms with Crippen molar-refractivity contribution in [2.45, 2.75) is 20.0 Å². The summed E-state index contributed by atoms with van der Waals surface area (Å²) < 4.78 is 15.2. The third-order valence-electron chi connectivity index (χ3n) is 4.95. The number of rotatable bonds is 5. The maximum atomic E-state index is 13.4. The Morgan fingerprint density at radius 3 is 2.46 bits per heavy atom. The molecule has 1 fully saturated rings. The van der Waals surface area contributed by atoms with E-state index in [4.69, 9.17) is 0 Å². The van der Waals surface area contributed by atoms with Crippen molar-refractivity contribution in [2.24, 2.45) is 0 Å². The van der Waals surface area contributed by atoms with Gasteiger partial charge in [-0.15, -0.1) is 5.10 Å². The number of benzene rings is 1. The van der Waals surface area contributed by atoms with Crippen LogP contribution >= 0.6 is 0 Å². The molecule has 1 unspecified atom stereocenters. The second-order valence-corrected chi connectivity index (χ2v) is 6.84. The summed E-state index contributed by atoms with van der Waals surface area (Å²) in [5.41, 5.74) is 2.02. The average Bonchev–Trinajstić information content (AvgIpc) is 3.13. The lowest BCUT2D eigenvalue weighted by Crippen LogP contribution is -2.46. The zero-order chi connectivity index (χ0) is 18.6. The highest BCUT2D eigenvalue weighted by Gasteiger charge is 2.30. The molecule has 0 radical (unpaired) electrons. The van der Waals surface area contributed by atoms with Gasteiger partial charge >= 0.3 is 0 Å². The van der Waals surface area contributed by atoms with Crippen molar-refractivity contribution < 1.29 is 4.39 Å². The van der Waals surface area contributed by atoms with Gasteiger partial charge in [-0.2, -0.15) is 4.39 Å². The van der Waals surface area contributed by atoms with Crippen LogP contribution in [0, 0.1) is 5.95 Å². The molecule has 1 aliphatic heterocycles. The van der Waals surface area contributed by atoms with Crippen LogP contribution in [0.5, 0.6) is 0 Å². The molecule has 28 heavy (non-hydrogen) atoms. The topological polar surface area (TPSA) is 63.0 Å². The van der Waals surface area contributed by atoms with Gasteiger partial charge in [0.15, 0.2) is 5.82 Å². The first-order chi connectivity index (χ1) is 13.2.